The lowest BCUT2D eigenvalue weighted by Gasteiger charge is -2.28. The zero-order chi connectivity index (χ0) is 23.4. The molecule has 0 bridgehead atoms. The maximum absolute atomic E-state index is 14.7. The van der Waals surface area contributed by atoms with Gasteiger partial charge in [-0.05, 0) is 62.6 Å². The van der Waals surface area contributed by atoms with Crippen molar-refractivity contribution in [2.24, 2.45) is 11.8 Å². The maximum Gasteiger partial charge on any atom is 0.329 e. The molecule has 0 unspecified atom stereocenters. The van der Waals surface area contributed by atoms with Crippen LogP contribution in [0.4, 0.5) is 8.78 Å². The van der Waals surface area contributed by atoms with Gasteiger partial charge in [-0.25, -0.2) is 13.6 Å². The van der Waals surface area contributed by atoms with E-state index in [0.29, 0.717) is 36.2 Å². The van der Waals surface area contributed by atoms with Crippen LogP contribution in [0.5, 0.6) is 0 Å². The molecule has 0 amide bonds. The molecule has 0 radical (unpaired) electrons. The third kappa shape index (κ3) is 5.47. The Labute approximate surface area is 192 Å². The molecule has 0 aliphatic heterocycles. The van der Waals surface area contributed by atoms with Gasteiger partial charge in [0.1, 0.15) is 23.9 Å². The highest BCUT2D eigenvalue weighted by Crippen LogP contribution is 2.37. The SMILES string of the molecule is Cc1c(-c2cc(F)ccc2F)c(-c2ccccc2)nn1C[C@H]1CC[C@@H](COCC(=O)O)CC1. The Morgan fingerprint density at radius 3 is 2.48 bits per heavy atom. The number of ether oxygens (including phenoxy) is 1. The van der Waals surface area contributed by atoms with E-state index in [4.69, 9.17) is 14.9 Å². The van der Waals surface area contributed by atoms with Gasteiger partial charge < -0.3 is 9.84 Å². The van der Waals surface area contributed by atoms with Crippen LogP contribution < -0.4 is 0 Å². The highest BCUT2D eigenvalue weighted by molar-refractivity contribution is 5.83. The smallest absolute Gasteiger partial charge is 0.329 e. The van der Waals surface area contributed by atoms with Crippen molar-refractivity contribution in [1.82, 2.24) is 9.78 Å². The normalized spacial score (nSPS) is 18.4. The first-order chi connectivity index (χ1) is 15.9. The van der Waals surface area contributed by atoms with Crippen molar-refractivity contribution in [1.29, 1.82) is 0 Å². The molecule has 1 N–H and O–H groups in total. The second-order valence-electron chi connectivity index (χ2n) is 8.78. The van der Waals surface area contributed by atoms with E-state index in [1.165, 1.54) is 6.07 Å². The molecule has 1 aromatic heterocycles. The van der Waals surface area contributed by atoms with Gasteiger partial charge in [-0.15, -0.1) is 0 Å². The van der Waals surface area contributed by atoms with E-state index >= 15 is 0 Å². The average Bonchev–Trinajstić information content (AvgIpc) is 3.13. The minimum absolute atomic E-state index is 0.219. The molecule has 4 rings (SSSR count). The molecule has 7 heteroatoms. The lowest BCUT2D eigenvalue weighted by atomic mass is 9.82. The number of rotatable bonds is 8. The molecule has 1 heterocycles. The largest absolute Gasteiger partial charge is 0.480 e. The maximum atomic E-state index is 14.7. The van der Waals surface area contributed by atoms with Gasteiger partial charge in [-0.1, -0.05) is 30.3 Å². The van der Waals surface area contributed by atoms with E-state index in [1.807, 2.05) is 41.9 Å². The molecule has 0 atom stereocenters. The third-order valence-electron chi connectivity index (χ3n) is 6.43. The summed E-state index contributed by atoms with van der Waals surface area (Å²) in [7, 11) is 0. The van der Waals surface area contributed by atoms with Gasteiger partial charge in [0, 0.05) is 28.9 Å². The van der Waals surface area contributed by atoms with Crippen LogP contribution >= 0.6 is 0 Å². The van der Waals surface area contributed by atoms with Crippen LogP contribution in [0.25, 0.3) is 22.4 Å². The topological polar surface area (TPSA) is 64.4 Å². The van der Waals surface area contributed by atoms with E-state index in [-0.39, 0.29) is 12.2 Å². The molecule has 0 spiro atoms. The quantitative estimate of drug-likeness (QED) is 0.473. The Balaban J connectivity index is 1.56. The van der Waals surface area contributed by atoms with Crippen LogP contribution in [0.2, 0.25) is 0 Å². The van der Waals surface area contributed by atoms with Crippen molar-refractivity contribution in [2.45, 2.75) is 39.2 Å². The van der Waals surface area contributed by atoms with Crippen molar-refractivity contribution in [2.75, 3.05) is 13.2 Å². The summed E-state index contributed by atoms with van der Waals surface area (Å²) in [5.74, 6) is -1.12. The van der Waals surface area contributed by atoms with Gasteiger partial charge in [0.15, 0.2) is 0 Å². The Bertz CT molecular complexity index is 1110. The van der Waals surface area contributed by atoms with E-state index in [1.54, 1.807) is 0 Å². The number of aromatic nitrogens is 2. The predicted molar refractivity (Wildman–Crippen MR) is 122 cm³/mol. The highest BCUT2D eigenvalue weighted by Gasteiger charge is 2.25. The van der Waals surface area contributed by atoms with Crippen LogP contribution in [-0.4, -0.2) is 34.1 Å². The van der Waals surface area contributed by atoms with Gasteiger partial charge in [0.05, 0.1) is 6.61 Å². The first kappa shape index (κ1) is 23.1. The molecule has 0 saturated heterocycles. The van der Waals surface area contributed by atoms with E-state index in [0.717, 1.165) is 49.1 Å². The molecule has 1 fully saturated rings. The molecule has 5 nitrogen and oxygen atoms in total. The zero-order valence-electron chi connectivity index (χ0n) is 18.6. The first-order valence-corrected chi connectivity index (χ1v) is 11.3. The van der Waals surface area contributed by atoms with Crippen LogP contribution in [-0.2, 0) is 16.1 Å². The number of halogens is 2. The third-order valence-corrected chi connectivity index (χ3v) is 6.43. The van der Waals surface area contributed by atoms with Crippen molar-refractivity contribution in [3.63, 3.8) is 0 Å². The summed E-state index contributed by atoms with van der Waals surface area (Å²) in [5.41, 5.74) is 3.15. The predicted octanol–water partition coefficient (Wildman–Crippen LogP) is 5.71. The summed E-state index contributed by atoms with van der Waals surface area (Å²) < 4.78 is 35.9. The van der Waals surface area contributed by atoms with E-state index in [2.05, 4.69) is 0 Å². The molecule has 1 aliphatic rings. The number of hydrogen-bond donors (Lipinski definition) is 1. The van der Waals surface area contributed by atoms with Crippen molar-refractivity contribution >= 4 is 5.97 Å². The fourth-order valence-corrected chi connectivity index (χ4v) is 4.67. The summed E-state index contributed by atoms with van der Waals surface area (Å²) in [4.78, 5) is 10.6. The summed E-state index contributed by atoms with van der Waals surface area (Å²) in [5, 5.41) is 13.6. The number of carboxylic acids is 1. The van der Waals surface area contributed by atoms with Crippen LogP contribution in [0.1, 0.15) is 31.4 Å². The summed E-state index contributed by atoms with van der Waals surface area (Å²) in [6.07, 6.45) is 3.93. The molecule has 1 aliphatic carbocycles. The van der Waals surface area contributed by atoms with Gasteiger partial charge in [0.2, 0.25) is 0 Å². The zero-order valence-corrected chi connectivity index (χ0v) is 18.6. The molecule has 2 aromatic carbocycles. The number of carboxylic acid groups (broad SMARTS) is 1. The van der Waals surface area contributed by atoms with Crippen LogP contribution in [0.3, 0.4) is 0 Å². The van der Waals surface area contributed by atoms with Crippen molar-refractivity contribution in [3.8, 4) is 22.4 Å². The first-order valence-electron chi connectivity index (χ1n) is 11.3. The minimum Gasteiger partial charge on any atom is -0.480 e. The molecular weight excluding hydrogens is 426 g/mol. The lowest BCUT2D eigenvalue weighted by molar-refractivity contribution is -0.142. The van der Waals surface area contributed by atoms with E-state index in [9.17, 15) is 13.6 Å². The van der Waals surface area contributed by atoms with Crippen LogP contribution in [0, 0.1) is 30.4 Å². The molecule has 174 valence electrons. The number of aliphatic carboxylic acids is 1. The summed E-state index contributed by atoms with van der Waals surface area (Å²) in [6.45, 7) is 2.82. The van der Waals surface area contributed by atoms with Gasteiger partial charge in [-0.3, -0.25) is 4.68 Å². The molecule has 33 heavy (non-hydrogen) atoms. The summed E-state index contributed by atoms with van der Waals surface area (Å²) in [6, 6.07) is 13.1. The van der Waals surface area contributed by atoms with Gasteiger partial charge in [-0.2, -0.15) is 5.10 Å². The van der Waals surface area contributed by atoms with Crippen LogP contribution in [0.15, 0.2) is 48.5 Å². The monoisotopic (exact) mass is 454 g/mol. The minimum atomic E-state index is -0.947. The second-order valence-corrected chi connectivity index (χ2v) is 8.78. The summed E-state index contributed by atoms with van der Waals surface area (Å²) >= 11 is 0. The average molecular weight is 455 g/mol. The molecular formula is C26H28F2N2O3. The second kappa shape index (κ2) is 10.3. The van der Waals surface area contributed by atoms with Gasteiger partial charge >= 0.3 is 5.97 Å². The Morgan fingerprint density at radius 1 is 1.09 bits per heavy atom. The number of nitrogens with zero attached hydrogens (tertiary/aromatic N) is 2. The fraction of sp³-hybridized carbons (Fsp3) is 0.385. The lowest BCUT2D eigenvalue weighted by Crippen LogP contribution is -2.23. The molecule has 3 aromatic rings. The number of hydrogen-bond acceptors (Lipinski definition) is 3. The molecule has 1 saturated carbocycles. The highest BCUT2D eigenvalue weighted by atomic mass is 19.1. The number of benzene rings is 2. The van der Waals surface area contributed by atoms with Crippen molar-refractivity contribution < 1.29 is 23.4 Å². The Kier molecular flexibility index (Phi) is 7.18. The van der Waals surface area contributed by atoms with Crippen molar-refractivity contribution in [3.05, 3.63) is 65.9 Å². The fourth-order valence-electron chi connectivity index (χ4n) is 4.67. The number of carbonyl (C=O) groups is 1. The Hall–Kier alpha value is -3.06. The van der Waals surface area contributed by atoms with Gasteiger partial charge in [0.25, 0.3) is 0 Å². The van der Waals surface area contributed by atoms with E-state index < -0.39 is 17.6 Å². The Morgan fingerprint density at radius 2 is 1.79 bits per heavy atom. The standard InChI is InChI=1S/C26H28F2N2O3/c1-17-25(22-13-21(27)11-12-23(22)28)26(20-5-3-2-4-6-20)29-30(17)14-18-7-9-19(10-8-18)15-33-16-24(31)32/h2-6,11-13,18-19H,7-10,14-16H2,1H3,(H,31,32)/t18-,19+.